The van der Waals surface area contributed by atoms with Crippen molar-refractivity contribution in [3.63, 3.8) is 0 Å². The van der Waals surface area contributed by atoms with Gasteiger partial charge in [0.1, 0.15) is 11.5 Å². The molecule has 0 radical (unpaired) electrons. The van der Waals surface area contributed by atoms with E-state index in [2.05, 4.69) is 25.6 Å². The van der Waals surface area contributed by atoms with Gasteiger partial charge in [0.15, 0.2) is 0 Å². The summed E-state index contributed by atoms with van der Waals surface area (Å²) in [7, 11) is 0. The van der Waals surface area contributed by atoms with Crippen molar-refractivity contribution >= 4 is 23.1 Å². The van der Waals surface area contributed by atoms with Crippen LogP contribution in [0.5, 0.6) is 0 Å². The number of hydrogen-bond donors (Lipinski definition) is 2. The molecule has 0 saturated heterocycles. The molecule has 0 aromatic carbocycles. The summed E-state index contributed by atoms with van der Waals surface area (Å²) in [5.74, 6) is 0.386. The van der Waals surface area contributed by atoms with Gasteiger partial charge in [0.05, 0.1) is 23.6 Å². The van der Waals surface area contributed by atoms with Crippen molar-refractivity contribution in [1.82, 2.24) is 20.3 Å². The van der Waals surface area contributed by atoms with Crippen molar-refractivity contribution in [1.29, 1.82) is 0 Å². The standard InChI is InChI=1S/C12H15N5OS/c1-2-14-11-6-13-5-10(17-11)12(18)15-4-3-9-7-19-8-16-9/h5-8H,2-4H2,1H3,(H,14,17)(H,15,18). The zero-order chi connectivity index (χ0) is 13.5. The van der Waals surface area contributed by atoms with Gasteiger partial charge in [-0.05, 0) is 6.92 Å². The minimum absolute atomic E-state index is 0.220. The molecule has 0 unspecified atom stereocenters. The smallest absolute Gasteiger partial charge is 0.271 e. The van der Waals surface area contributed by atoms with E-state index in [0.717, 1.165) is 18.7 Å². The summed E-state index contributed by atoms with van der Waals surface area (Å²) < 4.78 is 0. The molecule has 7 heteroatoms. The molecule has 0 aliphatic rings. The summed E-state index contributed by atoms with van der Waals surface area (Å²) in [4.78, 5) is 24.2. The summed E-state index contributed by atoms with van der Waals surface area (Å²) in [6.07, 6.45) is 3.77. The topological polar surface area (TPSA) is 79.8 Å². The monoisotopic (exact) mass is 277 g/mol. The largest absolute Gasteiger partial charge is 0.369 e. The van der Waals surface area contributed by atoms with Crippen molar-refractivity contribution < 1.29 is 4.79 Å². The summed E-state index contributed by atoms with van der Waals surface area (Å²) in [6.45, 7) is 3.24. The van der Waals surface area contributed by atoms with Crippen molar-refractivity contribution in [3.05, 3.63) is 34.7 Å². The normalized spacial score (nSPS) is 10.2. The van der Waals surface area contributed by atoms with Crippen molar-refractivity contribution in [2.75, 3.05) is 18.4 Å². The second kappa shape index (κ2) is 6.79. The van der Waals surface area contributed by atoms with Crippen LogP contribution < -0.4 is 10.6 Å². The lowest BCUT2D eigenvalue weighted by molar-refractivity contribution is 0.0949. The van der Waals surface area contributed by atoms with Gasteiger partial charge in [-0.3, -0.25) is 9.78 Å². The van der Waals surface area contributed by atoms with Gasteiger partial charge in [0.2, 0.25) is 0 Å². The Morgan fingerprint density at radius 1 is 1.42 bits per heavy atom. The molecule has 0 saturated carbocycles. The Labute approximate surface area is 115 Å². The Balaban J connectivity index is 1.87. The molecule has 2 heterocycles. The Kier molecular flexibility index (Phi) is 4.79. The molecule has 0 aliphatic heterocycles. The molecule has 2 aromatic rings. The van der Waals surface area contributed by atoms with E-state index in [0.29, 0.717) is 18.1 Å². The SMILES string of the molecule is CCNc1cncc(C(=O)NCCc2cscn2)n1. The number of anilines is 1. The minimum atomic E-state index is -0.220. The van der Waals surface area contributed by atoms with Crippen LogP contribution in [0.3, 0.4) is 0 Å². The maximum atomic E-state index is 11.9. The number of aromatic nitrogens is 3. The Morgan fingerprint density at radius 2 is 2.32 bits per heavy atom. The molecule has 19 heavy (non-hydrogen) atoms. The molecular formula is C12H15N5OS. The third-order valence-electron chi connectivity index (χ3n) is 2.38. The first-order valence-electron chi connectivity index (χ1n) is 6.00. The van der Waals surface area contributed by atoms with Gasteiger partial charge < -0.3 is 10.6 Å². The third kappa shape index (κ3) is 3.99. The maximum Gasteiger partial charge on any atom is 0.271 e. The lowest BCUT2D eigenvalue weighted by Gasteiger charge is -2.05. The summed E-state index contributed by atoms with van der Waals surface area (Å²) in [5.41, 5.74) is 3.08. The highest BCUT2D eigenvalue weighted by Crippen LogP contribution is 2.03. The van der Waals surface area contributed by atoms with E-state index in [9.17, 15) is 4.79 Å². The highest BCUT2D eigenvalue weighted by Gasteiger charge is 2.08. The molecule has 1 amide bonds. The van der Waals surface area contributed by atoms with Gasteiger partial charge in [0, 0.05) is 24.9 Å². The zero-order valence-corrected chi connectivity index (χ0v) is 11.4. The van der Waals surface area contributed by atoms with E-state index in [-0.39, 0.29) is 5.91 Å². The molecule has 0 atom stereocenters. The van der Waals surface area contributed by atoms with Crippen molar-refractivity contribution in [2.24, 2.45) is 0 Å². The van der Waals surface area contributed by atoms with Crippen LogP contribution in [-0.4, -0.2) is 33.9 Å². The van der Waals surface area contributed by atoms with E-state index in [4.69, 9.17) is 0 Å². The number of amides is 1. The Morgan fingerprint density at radius 3 is 3.05 bits per heavy atom. The quantitative estimate of drug-likeness (QED) is 0.833. The average Bonchev–Trinajstić information content (AvgIpc) is 2.92. The van der Waals surface area contributed by atoms with Crippen LogP contribution in [0.25, 0.3) is 0 Å². The molecule has 2 N–H and O–H groups in total. The average molecular weight is 277 g/mol. The first kappa shape index (κ1) is 13.4. The second-order valence-electron chi connectivity index (χ2n) is 3.81. The fraction of sp³-hybridized carbons (Fsp3) is 0.333. The Bertz CT molecular complexity index is 529. The molecular weight excluding hydrogens is 262 g/mol. The number of thiazole rings is 1. The molecule has 0 fully saturated rings. The number of carbonyl (C=O) groups is 1. The molecule has 0 bridgehead atoms. The number of hydrogen-bond acceptors (Lipinski definition) is 6. The molecule has 0 spiro atoms. The van der Waals surface area contributed by atoms with Gasteiger partial charge in [0.25, 0.3) is 5.91 Å². The fourth-order valence-corrected chi connectivity index (χ4v) is 2.09. The highest BCUT2D eigenvalue weighted by molar-refractivity contribution is 7.07. The molecule has 100 valence electrons. The van der Waals surface area contributed by atoms with Crippen LogP contribution >= 0.6 is 11.3 Å². The van der Waals surface area contributed by atoms with Crippen LogP contribution in [-0.2, 0) is 6.42 Å². The van der Waals surface area contributed by atoms with Gasteiger partial charge in [-0.25, -0.2) is 9.97 Å². The first-order valence-corrected chi connectivity index (χ1v) is 6.95. The zero-order valence-electron chi connectivity index (χ0n) is 10.6. The predicted octanol–water partition coefficient (Wildman–Crippen LogP) is 1.34. The van der Waals surface area contributed by atoms with Crippen LogP contribution in [0.15, 0.2) is 23.3 Å². The minimum Gasteiger partial charge on any atom is -0.369 e. The fourth-order valence-electron chi connectivity index (χ4n) is 1.50. The number of carbonyl (C=O) groups excluding carboxylic acids is 1. The van der Waals surface area contributed by atoms with Crippen molar-refractivity contribution in [2.45, 2.75) is 13.3 Å². The van der Waals surface area contributed by atoms with Crippen LogP contribution in [0, 0.1) is 0 Å². The van der Waals surface area contributed by atoms with Crippen LogP contribution in [0.1, 0.15) is 23.1 Å². The second-order valence-corrected chi connectivity index (χ2v) is 4.52. The summed E-state index contributed by atoms with van der Waals surface area (Å²) in [5, 5.41) is 7.79. The van der Waals surface area contributed by atoms with E-state index in [1.165, 1.54) is 6.20 Å². The van der Waals surface area contributed by atoms with Gasteiger partial charge in [-0.1, -0.05) is 0 Å². The summed E-state index contributed by atoms with van der Waals surface area (Å²) in [6, 6.07) is 0. The molecule has 2 rings (SSSR count). The third-order valence-corrected chi connectivity index (χ3v) is 3.01. The van der Waals surface area contributed by atoms with E-state index in [1.807, 2.05) is 12.3 Å². The van der Waals surface area contributed by atoms with Gasteiger partial charge in [-0.2, -0.15) is 0 Å². The number of rotatable bonds is 6. The Hall–Kier alpha value is -2.02. The lowest BCUT2D eigenvalue weighted by Crippen LogP contribution is -2.27. The molecule has 0 aliphatic carbocycles. The maximum absolute atomic E-state index is 11.9. The lowest BCUT2D eigenvalue weighted by atomic mass is 10.3. The van der Waals surface area contributed by atoms with E-state index in [1.54, 1.807) is 23.0 Å². The van der Waals surface area contributed by atoms with Crippen LogP contribution in [0.4, 0.5) is 5.82 Å². The van der Waals surface area contributed by atoms with Gasteiger partial charge in [-0.15, -0.1) is 11.3 Å². The van der Waals surface area contributed by atoms with E-state index < -0.39 is 0 Å². The predicted molar refractivity (Wildman–Crippen MR) is 74.3 cm³/mol. The first-order chi connectivity index (χ1) is 9.29. The van der Waals surface area contributed by atoms with E-state index >= 15 is 0 Å². The summed E-state index contributed by atoms with van der Waals surface area (Å²) >= 11 is 1.55. The number of nitrogens with one attached hydrogen (secondary N) is 2. The molecule has 2 aromatic heterocycles. The number of nitrogens with zero attached hydrogens (tertiary/aromatic N) is 3. The van der Waals surface area contributed by atoms with Crippen LogP contribution in [0.2, 0.25) is 0 Å². The van der Waals surface area contributed by atoms with Crippen molar-refractivity contribution in [3.8, 4) is 0 Å². The highest BCUT2D eigenvalue weighted by atomic mass is 32.1. The molecule has 6 nitrogen and oxygen atoms in total. The van der Waals surface area contributed by atoms with Gasteiger partial charge >= 0.3 is 0 Å².